The molecule has 1 aliphatic heterocycles. The first-order valence-electron chi connectivity index (χ1n) is 13.0. The van der Waals surface area contributed by atoms with Gasteiger partial charge in [0.25, 0.3) is 0 Å². The van der Waals surface area contributed by atoms with E-state index in [-0.39, 0.29) is 36.9 Å². The minimum absolute atomic E-state index is 0.00116. The summed E-state index contributed by atoms with van der Waals surface area (Å²) in [5.41, 5.74) is 0.423. The smallest absolute Gasteiger partial charge is 0.412 e. The maximum atomic E-state index is 13.8. The van der Waals surface area contributed by atoms with Crippen LogP contribution >= 0.6 is 11.6 Å². The van der Waals surface area contributed by atoms with E-state index in [4.69, 9.17) is 16.3 Å². The van der Waals surface area contributed by atoms with E-state index >= 15 is 0 Å². The highest BCUT2D eigenvalue weighted by molar-refractivity contribution is 6.31. The van der Waals surface area contributed by atoms with Gasteiger partial charge in [-0.15, -0.1) is 0 Å². The molecule has 0 spiro atoms. The molecule has 0 aliphatic carbocycles. The molecule has 2 heterocycles. The van der Waals surface area contributed by atoms with Gasteiger partial charge in [-0.25, -0.2) is 19.0 Å². The average molecular weight is 571 g/mol. The Morgan fingerprint density at radius 1 is 1.15 bits per heavy atom. The zero-order valence-electron chi connectivity index (χ0n) is 22.2. The van der Waals surface area contributed by atoms with Crippen molar-refractivity contribution in [1.29, 1.82) is 0 Å². The van der Waals surface area contributed by atoms with Crippen molar-refractivity contribution in [2.75, 3.05) is 45.2 Å². The highest BCUT2D eigenvalue weighted by Crippen LogP contribution is 2.20. The van der Waals surface area contributed by atoms with Crippen molar-refractivity contribution in [2.24, 2.45) is 0 Å². The number of nitrogens with one attached hydrogen (secondary N) is 3. The normalized spacial score (nSPS) is 13.9. The molecule has 1 atom stereocenters. The Morgan fingerprint density at radius 2 is 1.90 bits per heavy atom. The van der Waals surface area contributed by atoms with Crippen molar-refractivity contribution in [1.82, 2.24) is 25.4 Å². The van der Waals surface area contributed by atoms with Gasteiger partial charge in [0, 0.05) is 57.8 Å². The monoisotopic (exact) mass is 570 g/mol. The third kappa shape index (κ3) is 7.80. The first-order chi connectivity index (χ1) is 19.3. The second-order valence-corrected chi connectivity index (χ2v) is 9.82. The number of carbonyl (C=O) groups excluding carboxylic acids is 3. The molecule has 0 saturated carbocycles. The minimum Gasteiger partial charge on any atom is -0.447 e. The van der Waals surface area contributed by atoms with E-state index in [1.54, 1.807) is 30.3 Å². The van der Waals surface area contributed by atoms with E-state index in [9.17, 15) is 18.8 Å². The summed E-state index contributed by atoms with van der Waals surface area (Å²) < 4.78 is 19.2. The van der Waals surface area contributed by atoms with Gasteiger partial charge < -0.3 is 25.2 Å². The number of rotatable bonds is 9. The topological polar surface area (TPSA) is 116 Å². The number of likely N-dealkylation sites (N-methyl/N-ethyl adjacent to an activating group) is 1. The van der Waals surface area contributed by atoms with Crippen LogP contribution in [0.5, 0.6) is 0 Å². The van der Waals surface area contributed by atoms with Crippen LogP contribution in [-0.2, 0) is 16.1 Å². The van der Waals surface area contributed by atoms with Gasteiger partial charge in [0.15, 0.2) is 0 Å². The number of nitrogens with zero attached hydrogens (tertiary/aromatic N) is 3. The molecule has 1 aliphatic rings. The van der Waals surface area contributed by atoms with Gasteiger partial charge in [0.05, 0.1) is 11.1 Å². The summed E-state index contributed by atoms with van der Waals surface area (Å²) in [6.45, 7) is 2.54. The Balaban J connectivity index is 1.37. The highest BCUT2D eigenvalue weighted by atomic mass is 35.5. The van der Waals surface area contributed by atoms with Gasteiger partial charge in [0.2, 0.25) is 5.91 Å². The molecule has 3 aromatic rings. The minimum atomic E-state index is -0.735. The molecule has 1 fully saturated rings. The van der Waals surface area contributed by atoms with Gasteiger partial charge in [-0.3, -0.25) is 10.1 Å². The number of urea groups is 1. The molecule has 2 aromatic carbocycles. The predicted octanol–water partition coefficient (Wildman–Crippen LogP) is 4.00. The molecule has 10 nitrogen and oxygen atoms in total. The number of piperazine rings is 1. The third-order valence-electron chi connectivity index (χ3n) is 6.76. The molecule has 0 bridgehead atoms. The van der Waals surface area contributed by atoms with Gasteiger partial charge in [0.1, 0.15) is 18.2 Å². The molecule has 12 heteroatoms. The first-order valence-corrected chi connectivity index (χ1v) is 13.4. The van der Waals surface area contributed by atoms with Gasteiger partial charge in [-0.1, -0.05) is 48.0 Å². The molecule has 3 N–H and O–H groups in total. The Kier molecular flexibility index (Phi) is 10.1. The lowest BCUT2D eigenvalue weighted by molar-refractivity contribution is -0.132. The standard InChI is InChI=1S/C28H32ClFN6O4/c1-35(27(38)33-17-21-7-4-8-23(30)26(21)29)22(9-10-25(37)36-13-11-31-12-14-36)18-40-28(39)34-24-15-19-5-2-3-6-20(19)16-32-24/h2-8,15-16,22,31H,9-14,17-18H2,1H3,(H,33,38)(H,32,34,39)/t22-/m1/s1. The van der Waals surface area contributed by atoms with Crippen molar-refractivity contribution >= 4 is 46.2 Å². The first kappa shape index (κ1) is 29.0. The second-order valence-electron chi connectivity index (χ2n) is 9.45. The van der Waals surface area contributed by atoms with Crippen LogP contribution in [0.2, 0.25) is 5.02 Å². The SMILES string of the molecule is CN(C(=O)NCc1cccc(F)c1Cl)[C@H](CCC(=O)N1CCNCC1)COC(=O)Nc1cc2ccccc2cn1. The third-order valence-corrected chi connectivity index (χ3v) is 7.18. The maximum Gasteiger partial charge on any atom is 0.412 e. The highest BCUT2D eigenvalue weighted by Gasteiger charge is 2.25. The lowest BCUT2D eigenvalue weighted by atomic mass is 10.1. The van der Waals surface area contributed by atoms with Crippen molar-refractivity contribution in [2.45, 2.75) is 25.4 Å². The van der Waals surface area contributed by atoms with Crippen molar-refractivity contribution in [3.8, 4) is 0 Å². The average Bonchev–Trinajstić information content (AvgIpc) is 2.97. The zero-order chi connectivity index (χ0) is 28.5. The fourth-order valence-electron chi connectivity index (χ4n) is 4.36. The zero-order valence-corrected chi connectivity index (χ0v) is 22.9. The molecular formula is C28H32ClFN6O4. The van der Waals surface area contributed by atoms with Crippen LogP contribution in [-0.4, -0.2) is 78.7 Å². The number of benzene rings is 2. The molecule has 0 unspecified atom stereocenters. The largest absolute Gasteiger partial charge is 0.447 e. The number of ether oxygens (including phenoxy) is 1. The number of pyridine rings is 1. The van der Waals surface area contributed by atoms with Crippen LogP contribution in [0, 0.1) is 5.82 Å². The molecular weight excluding hydrogens is 539 g/mol. The summed E-state index contributed by atoms with van der Waals surface area (Å²) in [6.07, 6.45) is 1.37. The van der Waals surface area contributed by atoms with E-state index in [0.717, 1.165) is 23.9 Å². The molecule has 40 heavy (non-hydrogen) atoms. The quantitative estimate of drug-likeness (QED) is 0.358. The Bertz CT molecular complexity index is 1350. The number of carbonyl (C=O) groups is 3. The molecule has 4 rings (SSSR count). The predicted molar refractivity (Wildman–Crippen MR) is 151 cm³/mol. The molecule has 1 aromatic heterocycles. The van der Waals surface area contributed by atoms with Gasteiger partial charge in [-0.05, 0) is 29.5 Å². The van der Waals surface area contributed by atoms with Crippen molar-refractivity contribution < 1.29 is 23.5 Å². The van der Waals surface area contributed by atoms with Gasteiger partial charge in [-0.2, -0.15) is 0 Å². The summed E-state index contributed by atoms with van der Waals surface area (Å²) in [4.78, 5) is 45.7. The maximum absolute atomic E-state index is 13.8. The molecule has 1 saturated heterocycles. The summed E-state index contributed by atoms with van der Waals surface area (Å²) >= 11 is 6.00. The lowest BCUT2D eigenvalue weighted by Gasteiger charge is -2.30. The van der Waals surface area contributed by atoms with Crippen molar-refractivity contribution in [3.05, 3.63) is 71.1 Å². The van der Waals surface area contributed by atoms with Crippen LogP contribution in [0.25, 0.3) is 10.8 Å². The second kappa shape index (κ2) is 13.9. The summed E-state index contributed by atoms with van der Waals surface area (Å²) in [6, 6.07) is 12.6. The summed E-state index contributed by atoms with van der Waals surface area (Å²) in [5, 5.41) is 10.3. The van der Waals surface area contributed by atoms with Crippen LogP contribution in [0.1, 0.15) is 18.4 Å². The number of aromatic nitrogens is 1. The fourth-order valence-corrected chi connectivity index (χ4v) is 4.55. The number of fused-ring (bicyclic) bond motifs is 1. The number of amides is 4. The van der Waals surface area contributed by atoms with Gasteiger partial charge >= 0.3 is 12.1 Å². The Labute approximate surface area is 236 Å². The van der Waals surface area contributed by atoms with E-state index < -0.39 is 24.0 Å². The summed E-state index contributed by atoms with van der Waals surface area (Å²) in [5.74, 6) is -0.282. The van der Waals surface area contributed by atoms with E-state index in [1.807, 2.05) is 24.3 Å². The van der Waals surface area contributed by atoms with Crippen LogP contribution in [0.3, 0.4) is 0 Å². The number of hydrogen-bond acceptors (Lipinski definition) is 6. The van der Waals surface area contributed by atoms with Crippen LogP contribution in [0.15, 0.2) is 54.7 Å². The number of hydrogen-bond donors (Lipinski definition) is 3. The van der Waals surface area contributed by atoms with E-state index in [2.05, 4.69) is 20.9 Å². The Hall–Kier alpha value is -3.96. The van der Waals surface area contributed by atoms with Crippen LogP contribution < -0.4 is 16.0 Å². The van der Waals surface area contributed by atoms with Crippen LogP contribution in [0.4, 0.5) is 19.8 Å². The Morgan fingerprint density at radius 3 is 2.67 bits per heavy atom. The van der Waals surface area contributed by atoms with E-state index in [0.29, 0.717) is 24.5 Å². The molecule has 212 valence electrons. The van der Waals surface area contributed by atoms with Crippen molar-refractivity contribution in [3.63, 3.8) is 0 Å². The number of anilines is 1. The lowest BCUT2D eigenvalue weighted by Crippen LogP contribution is -2.48. The number of halogens is 2. The van der Waals surface area contributed by atoms with E-state index in [1.165, 1.54) is 17.0 Å². The summed E-state index contributed by atoms with van der Waals surface area (Å²) in [7, 11) is 1.55. The fraction of sp³-hybridized carbons (Fsp3) is 0.357. The molecule has 4 amide bonds. The molecule has 0 radical (unpaired) electrons.